The van der Waals surface area contributed by atoms with E-state index < -0.39 is 0 Å². The first-order chi connectivity index (χ1) is 12.0. The van der Waals surface area contributed by atoms with Crippen molar-refractivity contribution in [3.63, 3.8) is 0 Å². The van der Waals surface area contributed by atoms with Crippen LogP contribution < -0.4 is 10.1 Å². The summed E-state index contributed by atoms with van der Waals surface area (Å²) < 4.78 is 16.6. The van der Waals surface area contributed by atoms with Gasteiger partial charge in [-0.3, -0.25) is 5.32 Å². The second-order valence-electron chi connectivity index (χ2n) is 6.62. The molecule has 1 saturated heterocycles. The topological polar surface area (TPSA) is 69.4 Å². The highest BCUT2D eigenvalue weighted by Crippen LogP contribution is 2.33. The van der Waals surface area contributed by atoms with Gasteiger partial charge in [0.25, 0.3) is 0 Å². The van der Waals surface area contributed by atoms with Gasteiger partial charge in [-0.25, -0.2) is 0 Å². The third-order valence-electron chi connectivity index (χ3n) is 4.58. The zero-order valence-corrected chi connectivity index (χ0v) is 15.6. The maximum atomic E-state index is 6.05. The molecule has 0 radical (unpaired) electrons. The molecule has 1 N–H and O–H groups in total. The Labute approximate surface area is 152 Å². The first-order valence-electron chi connectivity index (χ1n) is 8.53. The van der Waals surface area contributed by atoms with Crippen LogP contribution >= 0.6 is 11.6 Å². The summed E-state index contributed by atoms with van der Waals surface area (Å²) >= 11 is 6.05. The molecule has 1 aliphatic heterocycles. The zero-order chi connectivity index (χ0) is 17.9. The Balaban J connectivity index is 1.84. The Hall–Kier alpha value is -1.63. The van der Waals surface area contributed by atoms with Gasteiger partial charge in [0.15, 0.2) is 5.82 Å². The molecule has 0 unspecified atom stereocenters. The average molecular weight is 366 g/mol. The van der Waals surface area contributed by atoms with Crippen LogP contribution in [0.2, 0.25) is 5.02 Å². The molecule has 1 aromatic carbocycles. The molecule has 2 heterocycles. The van der Waals surface area contributed by atoms with Crippen LogP contribution in [0.4, 0.5) is 0 Å². The third-order valence-corrected chi connectivity index (χ3v) is 4.82. The summed E-state index contributed by atoms with van der Waals surface area (Å²) in [5.41, 5.74) is 0.643. The Morgan fingerprint density at radius 2 is 2.08 bits per heavy atom. The van der Waals surface area contributed by atoms with E-state index in [2.05, 4.69) is 29.3 Å². The SMILES string of the molecule is COc1cc(Cl)ccc1CNC1(c2nc(C(C)C)no2)CCOCC1. The summed E-state index contributed by atoms with van der Waals surface area (Å²) in [6.07, 6.45) is 1.56. The van der Waals surface area contributed by atoms with Crippen LogP contribution in [0.1, 0.15) is 49.9 Å². The van der Waals surface area contributed by atoms with E-state index >= 15 is 0 Å². The summed E-state index contributed by atoms with van der Waals surface area (Å²) in [4.78, 5) is 4.63. The van der Waals surface area contributed by atoms with Crippen LogP contribution in [0.15, 0.2) is 22.7 Å². The Morgan fingerprint density at radius 3 is 2.72 bits per heavy atom. The van der Waals surface area contributed by atoms with Gasteiger partial charge in [-0.2, -0.15) is 4.98 Å². The fourth-order valence-corrected chi connectivity index (χ4v) is 3.14. The second-order valence-corrected chi connectivity index (χ2v) is 7.05. The summed E-state index contributed by atoms with van der Waals surface area (Å²) in [6, 6.07) is 5.65. The maximum absolute atomic E-state index is 6.05. The maximum Gasteiger partial charge on any atom is 0.247 e. The Morgan fingerprint density at radius 1 is 1.32 bits per heavy atom. The Kier molecular flexibility index (Phi) is 5.61. The van der Waals surface area contributed by atoms with Gasteiger partial charge in [-0.15, -0.1) is 0 Å². The molecular formula is C18H24ClN3O3. The summed E-state index contributed by atoms with van der Waals surface area (Å²) in [6.45, 7) is 6.03. The molecule has 2 aromatic rings. The highest BCUT2D eigenvalue weighted by Gasteiger charge is 2.39. The standard InChI is InChI=1S/C18H24ClN3O3/c1-12(2)16-21-17(25-22-16)18(6-8-24-9-7-18)20-11-13-4-5-14(19)10-15(13)23-3/h4-5,10,12,20H,6-9,11H2,1-3H3. The average Bonchev–Trinajstić information content (AvgIpc) is 3.12. The minimum absolute atomic E-state index is 0.228. The molecule has 25 heavy (non-hydrogen) atoms. The molecule has 7 heteroatoms. The highest BCUT2D eigenvalue weighted by molar-refractivity contribution is 6.30. The molecule has 3 rings (SSSR count). The number of rotatable bonds is 6. The quantitative estimate of drug-likeness (QED) is 0.842. The van der Waals surface area contributed by atoms with E-state index in [-0.39, 0.29) is 11.5 Å². The second kappa shape index (κ2) is 7.72. The van der Waals surface area contributed by atoms with Crippen molar-refractivity contribution in [2.45, 2.75) is 44.7 Å². The largest absolute Gasteiger partial charge is 0.496 e. The van der Waals surface area contributed by atoms with Gasteiger partial charge in [0.05, 0.1) is 7.11 Å². The van der Waals surface area contributed by atoms with Crippen LogP contribution in [0.25, 0.3) is 0 Å². The molecule has 0 amide bonds. The lowest BCUT2D eigenvalue weighted by atomic mass is 9.89. The number of nitrogens with one attached hydrogen (secondary N) is 1. The number of halogens is 1. The van der Waals surface area contributed by atoms with Gasteiger partial charge in [0.1, 0.15) is 11.3 Å². The number of ether oxygens (including phenoxy) is 2. The predicted molar refractivity (Wildman–Crippen MR) is 95.0 cm³/mol. The minimum Gasteiger partial charge on any atom is -0.496 e. The summed E-state index contributed by atoms with van der Waals surface area (Å²) in [5.74, 6) is 2.35. The van der Waals surface area contributed by atoms with Crippen molar-refractivity contribution in [1.82, 2.24) is 15.5 Å². The molecule has 0 aliphatic carbocycles. The predicted octanol–water partition coefficient (Wildman–Crippen LogP) is 3.65. The van der Waals surface area contributed by atoms with Gasteiger partial charge < -0.3 is 14.0 Å². The van der Waals surface area contributed by atoms with Crippen molar-refractivity contribution in [3.05, 3.63) is 40.5 Å². The van der Waals surface area contributed by atoms with Crippen LogP contribution in [0.3, 0.4) is 0 Å². The number of nitrogens with zero attached hydrogens (tertiary/aromatic N) is 2. The van der Waals surface area contributed by atoms with Crippen LogP contribution in [0, 0.1) is 0 Å². The highest BCUT2D eigenvalue weighted by atomic mass is 35.5. The van der Waals surface area contributed by atoms with Gasteiger partial charge >= 0.3 is 0 Å². The molecule has 6 nitrogen and oxygen atoms in total. The van der Waals surface area contributed by atoms with Crippen LogP contribution in [-0.2, 0) is 16.8 Å². The Bertz CT molecular complexity index is 711. The van der Waals surface area contributed by atoms with Crippen molar-refractivity contribution in [2.24, 2.45) is 0 Å². The fraction of sp³-hybridized carbons (Fsp3) is 0.556. The minimum atomic E-state index is -0.386. The number of hydrogen-bond acceptors (Lipinski definition) is 6. The van der Waals surface area contributed by atoms with Crippen molar-refractivity contribution in [1.29, 1.82) is 0 Å². The lowest BCUT2D eigenvalue weighted by Gasteiger charge is -2.35. The first kappa shape index (κ1) is 18.2. The summed E-state index contributed by atoms with van der Waals surface area (Å²) in [7, 11) is 1.65. The third kappa shape index (κ3) is 3.97. The van der Waals surface area contributed by atoms with E-state index in [1.54, 1.807) is 7.11 Å². The molecule has 1 aliphatic rings. The normalized spacial score (nSPS) is 17.0. The van der Waals surface area contributed by atoms with Crippen molar-refractivity contribution < 1.29 is 14.0 Å². The molecule has 0 spiro atoms. The number of aromatic nitrogens is 2. The molecule has 136 valence electrons. The van der Waals surface area contributed by atoms with Crippen molar-refractivity contribution in [2.75, 3.05) is 20.3 Å². The smallest absolute Gasteiger partial charge is 0.247 e. The fourth-order valence-electron chi connectivity index (χ4n) is 2.98. The van der Waals surface area contributed by atoms with Crippen molar-refractivity contribution >= 4 is 11.6 Å². The van der Waals surface area contributed by atoms with Crippen molar-refractivity contribution in [3.8, 4) is 5.75 Å². The van der Waals surface area contributed by atoms with E-state index in [4.69, 9.17) is 25.6 Å². The lowest BCUT2D eigenvalue weighted by Crippen LogP contribution is -2.46. The van der Waals surface area contributed by atoms with Gasteiger partial charge in [0, 0.05) is 36.3 Å². The van der Waals surface area contributed by atoms with Crippen LogP contribution in [0.5, 0.6) is 5.75 Å². The monoisotopic (exact) mass is 365 g/mol. The number of benzene rings is 1. The molecular weight excluding hydrogens is 342 g/mol. The molecule has 1 aromatic heterocycles. The van der Waals surface area contributed by atoms with E-state index in [9.17, 15) is 0 Å². The van der Waals surface area contributed by atoms with E-state index in [1.165, 1.54) is 0 Å². The van der Waals surface area contributed by atoms with Gasteiger partial charge in [0.2, 0.25) is 5.89 Å². The first-order valence-corrected chi connectivity index (χ1v) is 8.91. The number of methoxy groups -OCH3 is 1. The van der Waals surface area contributed by atoms with E-state index in [0.29, 0.717) is 30.7 Å². The van der Waals surface area contributed by atoms with Gasteiger partial charge in [-0.1, -0.05) is 36.7 Å². The van der Waals surface area contributed by atoms with E-state index in [0.717, 1.165) is 30.0 Å². The van der Waals surface area contributed by atoms with Crippen LogP contribution in [-0.4, -0.2) is 30.5 Å². The molecule has 0 saturated carbocycles. The molecule has 0 atom stereocenters. The van der Waals surface area contributed by atoms with E-state index in [1.807, 2.05) is 18.2 Å². The summed E-state index contributed by atoms with van der Waals surface area (Å²) in [5, 5.41) is 8.39. The number of hydrogen-bond donors (Lipinski definition) is 1. The van der Waals surface area contributed by atoms with Gasteiger partial charge in [-0.05, 0) is 25.0 Å². The zero-order valence-electron chi connectivity index (χ0n) is 14.8. The molecule has 0 bridgehead atoms. The lowest BCUT2D eigenvalue weighted by molar-refractivity contribution is 0.0217. The molecule has 1 fully saturated rings.